The summed E-state index contributed by atoms with van der Waals surface area (Å²) in [5, 5.41) is 3.36. The highest BCUT2D eigenvalue weighted by atomic mass is 14.8. The summed E-state index contributed by atoms with van der Waals surface area (Å²) in [5.41, 5.74) is 0.601. The molecule has 0 heterocycles. The second-order valence-corrected chi connectivity index (χ2v) is 4.92. The van der Waals surface area contributed by atoms with Gasteiger partial charge in [0.1, 0.15) is 0 Å². The molecule has 0 spiro atoms. The van der Waals surface area contributed by atoms with Crippen LogP contribution in [0.15, 0.2) is 0 Å². The molecule has 0 aliphatic heterocycles. The quantitative estimate of drug-likeness (QED) is 0.598. The summed E-state index contributed by atoms with van der Waals surface area (Å²) in [7, 11) is 2.08. The molecule has 1 aliphatic carbocycles. The van der Waals surface area contributed by atoms with Crippen molar-refractivity contribution in [2.45, 2.75) is 52.4 Å². The molecule has 1 heteroatoms. The molecule has 1 unspecified atom stereocenters. The highest BCUT2D eigenvalue weighted by Gasteiger charge is 2.40. The molecule has 1 N–H and O–H groups in total. The Kier molecular flexibility index (Phi) is 4.24. The minimum absolute atomic E-state index is 0.601. The zero-order chi connectivity index (χ0) is 9.73. The van der Waals surface area contributed by atoms with E-state index < -0.39 is 0 Å². The fraction of sp³-hybridized carbons (Fsp3) is 1.00. The maximum Gasteiger partial charge on any atom is 0.000481 e. The maximum atomic E-state index is 3.36. The molecule has 1 aliphatic rings. The molecule has 1 saturated carbocycles. The first kappa shape index (κ1) is 11.0. The third kappa shape index (κ3) is 3.30. The zero-order valence-corrected chi connectivity index (χ0v) is 9.53. The average Bonchev–Trinajstić information content (AvgIpc) is 2.87. The molecule has 1 atom stereocenters. The molecule has 0 saturated heterocycles. The molecule has 78 valence electrons. The molecule has 1 rings (SSSR count). The van der Waals surface area contributed by atoms with Gasteiger partial charge in [-0.2, -0.15) is 0 Å². The molecular weight excluding hydrogens is 158 g/mol. The van der Waals surface area contributed by atoms with Crippen LogP contribution >= 0.6 is 0 Å². The molecule has 0 aromatic rings. The normalized spacial score (nSPS) is 21.5. The van der Waals surface area contributed by atoms with Gasteiger partial charge in [-0.25, -0.2) is 0 Å². The van der Waals surface area contributed by atoms with E-state index in [1.807, 2.05) is 0 Å². The van der Waals surface area contributed by atoms with Gasteiger partial charge in [0.05, 0.1) is 0 Å². The Hall–Kier alpha value is -0.0400. The van der Waals surface area contributed by atoms with Gasteiger partial charge in [0.15, 0.2) is 0 Å². The molecule has 0 amide bonds. The van der Waals surface area contributed by atoms with Crippen LogP contribution in [-0.4, -0.2) is 13.6 Å². The summed E-state index contributed by atoms with van der Waals surface area (Å²) >= 11 is 0. The number of rotatable bonds is 7. The highest BCUT2D eigenvalue weighted by molar-refractivity contribution is 4.92. The summed E-state index contributed by atoms with van der Waals surface area (Å²) < 4.78 is 0. The van der Waals surface area contributed by atoms with Crippen LogP contribution in [0.4, 0.5) is 0 Å². The molecule has 0 radical (unpaired) electrons. The minimum Gasteiger partial charge on any atom is -0.319 e. The second kappa shape index (κ2) is 4.99. The van der Waals surface area contributed by atoms with Gasteiger partial charge in [0.2, 0.25) is 0 Å². The van der Waals surface area contributed by atoms with E-state index in [9.17, 15) is 0 Å². The lowest BCUT2D eigenvalue weighted by Crippen LogP contribution is -2.31. The van der Waals surface area contributed by atoms with Crippen molar-refractivity contribution in [2.75, 3.05) is 13.6 Å². The summed E-state index contributed by atoms with van der Waals surface area (Å²) in [4.78, 5) is 0. The Morgan fingerprint density at radius 3 is 2.46 bits per heavy atom. The number of unbranched alkanes of at least 4 members (excludes halogenated alkanes) is 2. The minimum atomic E-state index is 0.601. The smallest absolute Gasteiger partial charge is 0.000481 e. The van der Waals surface area contributed by atoms with Gasteiger partial charge in [0.25, 0.3) is 0 Å². The summed E-state index contributed by atoms with van der Waals surface area (Å²) in [6.07, 6.45) is 8.55. The van der Waals surface area contributed by atoms with Crippen LogP contribution in [0.5, 0.6) is 0 Å². The van der Waals surface area contributed by atoms with Crippen LogP contribution in [0.1, 0.15) is 52.4 Å². The van der Waals surface area contributed by atoms with Crippen molar-refractivity contribution in [1.29, 1.82) is 0 Å². The molecule has 1 fully saturated rings. The molecule has 1 nitrogen and oxygen atoms in total. The standard InChI is InChI=1S/C12H25N/c1-4-5-6-9-12(2,10-13-3)11-7-8-11/h11,13H,4-10H2,1-3H3. The molecule has 0 aromatic heterocycles. The van der Waals surface area contributed by atoms with E-state index in [1.54, 1.807) is 0 Å². The zero-order valence-electron chi connectivity index (χ0n) is 9.53. The fourth-order valence-corrected chi connectivity index (χ4v) is 2.40. The van der Waals surface area contributed by atoms with E-state index in [2.05, 4.69) is 26.2 Å². The predicted molar refractivity (Wildman–Crippen MR) is 58.9 cm³/mol. The van der Waals surface area contributed by atoms with Gasteiger partial charge in [-0.05, 0) is 37.6 Å². The van der Waals surface area contributed by atoms with E-state index in [0.29, 0.717) is 5.41 Å². The van der Waals surface area contributed by atoms with Gasteiger partial charge in [-0.15, -0.1) is 0 Å². The van der Waals surface area contributed by atoms with Gasteiger partial charge >= 0.3 is 0 Å². The van der Waals surface area contributed by atoms with Crippen molar-refractivity contribution in [1.82, 2.24) is 5.32 Å². The van der Waals surface area contributed by atoms with Crippen LogP contribution in [0.2, 0.25) is 0 Å². The number of hydrogen-bond donors (Lipinski definition) is 1. The summed E-state index contributed by atoms with van der Waals surface area (Å²) in [6.45, 7) is 5.96. The van der Waals surface area contributed by atoms with Crippen LogP contribution in [0.3, 0.4) is 0 Å². The second-order valence-electron chi connectivity index (χ2n) is 4.92. The lowest BCUT2D eigenvalue weighted by Gasteiger charge is -2.29. The van der Waals surface area contributed by atoms with Gasteiger partial charge in [-0.1, -0.05) is 33.1 Å². The SMILES string of the molecule is CCCCCC(C)(CNC)C1CC1. The average molecular weight is 183 g/mol. The van der Waals surface area contributed by atoms with Crippen molar-refractivity contribution in [3.05, 3.63) is 0 Å². The Labute approximate surface area is 83.3 Å². The van der Waals surface area contributed by atoms with Crippen molar-refractivity contribution in [2.24, 2.45) is 11.3 Å². The number of nitrogens with one attached hydrogen (secondary N) is 1. The maximum absolute atomic E-state index is 3.36. The van der Waals surface area contributed by atoms with Gasteiger partial charge in [-0.3, -0.25) is 0 Å². The summed E-state index contributed by atoms with van der Waals surface area (Å²) in [5.74, 6) is 1.02. The molecule has 0 bridgehead atoms. The van der Waals surface area contributed by atoms with Crippen molar-refractivity contribution < 1.29 is 0 Å². The van der Waals surface area contributed by atoms with E-state index in [1.165, 1.54) is 45.1 Å². The third-order valence-electron chi connectivity index (χ3n) is 3.50. The Bertz CT molecular complexity index is 140. The first-order valence-electron chi connectivity index (χ1n) is 5.87. The monoisotopic (exact) mass is 183 g/mol. The van der Waals surface area contributed by atoms with E-state index in [-0.39, 0.29) is 0 Å². The first-order valence-corrected chi connectivity index (χ1v) is 5.87. The van der Waals surface area contributed by atoms with Crippen molar-refractivity contribution in [3.63, 3.8) is 0 Å². The van der Waals surface area contributed by atoms with Crippen LogP contribution in [0, 0.1) is 11.3 Å². The van der Waals surface area contributed by atoms with Crippen LogP contribution < -0.4 is 5.32 Å². The Balaban J connectivity index is 2.28. The predicted octanol–water partition coefficient (Wildman–Crippen LogP) is 3.20. The molecule has 13 heavy (non-hydrogen) atoms. The lowest BCUT2D eigenvalue weighted by atomic mass is 9.80. The van der Waals surface area contributed by atoms with E-state index in [4.69, 9.17) is 0 Å². The fourth-order valence-electron chi connectivity index (χ4n) is 2.40. The topological polar surface area (TPSA) is 12.0 Å². The van der Waals surface area contributed by atoms with Crippen LogP contribution in [-0.2, 0) is 0 Å². The van der Waals surface area contributed by atoms with Crippen molar-refractivity contribution in [3.8, 4) is 0 Å². The van der Waals surface area contributed by atoms with Gasteiger partial charge in [0, 0.05) is 6.54 Å². The summed E-state index contributed by atoms with van der Waals surface area (Å²) in [6, 6.07) is 0. The largest absolute Gasteiger partial charge is 0.319 e. The Morgan fingerprint density at radius 1 is 1.31 bits per heavy atom. The van der Waals surface area contributed by atoms with Crippen LogP contribution in [0.25, 0.3) is 0 Å². The number of hydrogen-bond acceptors (Lipinski definition) is 1. The van der Waals surface area contributed by atoms with E-state index >= 15 is 0 Å². The van der Waals surface area contributed by atoms with Crippen molar-refractivity contribution >= 4 is 0 Å². The molecule has 0 aromatic carbocycles. The lowest BCUT2D eigenvalue weighted by molar-refractivity contribution is 0.234. The van der Waals surface area contributed by atoms with E-state index in [0.717, 1.165) is 5.92 Å². The highest BCUT2D eigenvalue weighted by Crippen LogP contribution is 2.47. The first-order chi connectivity index (χ1) is 6.23. The molecular formula is C12H25N. The van der Waals surface area contributed by atoms with Gasteiger partial charge < -0.3 is 5.32 Å². The Morgan fingerprint density at radius 2 is 2.00 bits per heavy atom. The third-order valence-corrected chi connectivity index (χ3v) is 3.50.